The fourth-order valence-corrected chi connectivity index (χ4v) is 3.31. The standard InChI is InChI=1S/C15H19FN2S/c1-3-11-6-7-19-15(11)14(18-17)9-12-8-13(16)5-4-10(12)2/h4-8,14,18H,3,9,17H2,1-2H3. The van der Waals surface area contributed by atoms with Gasteiger partial charge in [-0.3, -0.25) is 11.3 Å². The molecule has 102 valence electrons. The van der Waals surface area contributed by atoms with Gasteiger partial charge in [-0.2, -0.15) is 0 Å². The van der Waals surface area contributed by atoms with Crippen LogP contribution < -0.4 is 11.3 Å². The lowest BCUT2D eigenvalue weighted by Gasteiger charge is -2.17. The predicted octanol–water partition coefficient (Wildman–Crippen LogP) is 3.51. The summed E-state index contributed by atoms with van der Waals surface area (Å²) in [5, 5.41) is 2.08. The number of benzene rings is 1. The number of hydrogen-bond donors (Lipinski definition) is 2. The molecule has 1 aromatic heterocycles. The summed E-state index contributed by atoms with van der Waals surface area (Å²) >= 11 is 1.70. The van der Waals surface area contributed by atoms with E-state index in [9.17, 15) is 4.39 Å². The lowest BCUT2D eigenvalue weighted by atomic mass is 9.98. The van der Waals surface area contributed by atoms with Crippen LogP contribution >= 0.6 is 11.3 Å². The van der Waals surface area contributed by atoms with E-state index in [-0.39, 0.29) is 11.9 Å². The summed E-state index contributed by atoms with van der Waals surface area (Å²) in [6.45, 7) is 4.13. The minimum Gasteiger partial charge on any atom is -0.271 e. The van der Waals surface area contributed by atoms with E-state index in [1.54, 1.807) is 17.4 Å². The molecule has 0 aliphatic carbocycles. The molecule has 0 amide bonds. The summed E-state index contributed by atoms with van der Waals surface area (Å²) in [5.74, 6) is 5.49. The van der Waals surface area contributed by atoms with Crippen LogP contribution in [0.25, 0.3) is 0 Å². The molecule has 1 heterocycles. The van der Waals surface area contributed by atoms with Crippen LogP contribution in [0.5, 0.6) is 0 Å². The quantitative estimate of drug-likeness (QED) is 0.649. The van der Waals surface area contributed by atoms with Gasteiger partial charge in [0.15, 0.2) is 0 Å². The molecule has 0 bridgehead atoms. The second-order valence-corrected chi connectivity index (χ2v) is 5.61. The molecule has 2 rings (SSSR count). The Labute approximate surface area is 117 Å². The van der Waals surface area contributed by atoms with Gasteiger partial charge in [0.25, 0.3) is 0 Å². The van der Waals surface area contributed by atoms with Crippen LogP contribution in [0.15, 0.2) is 29.6 Å². The first kappa shape index (κ1) is 14.2. The van der Waals surface area contributed by atoms with Crippen molar-refractivity contribution in [1.29, 1.82) is 0 Å². The van der Waals surface area contributed by atoms with Crippen molar-refractivity contribution < 1.29 is 4.39 Å². The van der Waals surface area contributed by atoms with Gasteiger partial charge in [0.2, 0.25) is 0 Å². The van der Waals surface area contributed by atoms with Crippen molar-refractivity contribution >= 4 is 11.3 Å². The minimum atomic E-state index is -0.196. The maximum atomic E-state index is 13.3. The molecule has 1 unspecified atom stereocenters. The zero-order valence-corrected chi connectivity index (χ0v) is 12.1. The maximum Gasteiger partial charge on any atom is 0.123 e. The number of hydrazine groups is 1. The first-order valence-electron chi connectivity index (χ1n) is 6.43. The average Bonchev–Trinajstić information content (AvgIpc) is 2.88. The van der Waals surface area contributed by atoms with Crippen molar-refractivity contribution in [3.05, 3.63) is 57.0 Å². The van der Waals surface area contributed by atoms with Gasteiger partial charge in [-0.05, 0) is 60.0 Å². The third-order valence-electron chi connectivity index (χ3n) is 3.41. The molecule has 0 radical (unpaired) electrons. The van der Waals surface area contributed by atoms with Crippen LogP contribution in [-0.2, 0) is 12.8 Å². The number of nitrogens with one attached hydrogen (secondary N) is 1. The second-order valence-electron chi connectivity index (χ2n) is 4.66. The number of rotatable bonds is 5. The molecule has 4 heteroatoms. The van der Waals surface area contributed by atoms with E-state index in [4.69, 9.17) is 5.84 Å². The normalized spacial score (nSPS) is 12.6. The number of aryl methyl sites for hydroxylation is 2. The average molecular weight is 278 g/mol. The third-order valence-corrected chi connectivity index (χ3v) is 4.49. The summed E-state index contributed by atoms with van der Waals surface area (Å²) in [5.41, 5.74) is 6.26. The highest BCUT2D eigenvalue weighted by Gasteiger charge is 2.16. The lowest BCUT2D eigenvalue weighted by Crippen LogP contribution is -2.29. The van der Waals surface area contributed by atoms with Gasteiger partial charge in [-0.25, -0.2) is 4.39 Å². The van der Waals surface area contributed by atoms with Gasteiger partial charge in [-0.15, -0.1) is 11.3 Å². The molecule has 2 nitrogen and oxygen atoms in total. The fourth-order valence-electron chi connectivity index (χ4n) is 2.25. The van der Waals surface area contributed by atoms with Crippen LogP contribution in [0.4, 0.5) is 4.39 Å². The Morgan fingerprint density at radius 1 is 1.32 bits per heavy atom. The zero-order valence-electron chi connectivity index (χ0n) is 11.2. The monoisotopic (exact) mass is 278 g/mol. The topological polar surface area (TPSA) is 38.0 Å². The Kier molecular flexibility index (Phi) is 4.69. The Balaban J connectivity index is 2.26. The Morgan fingerprint density at radius 3 is 2.79 bits per heavy atom. The van der Waals surface area contributed by atoms with Crippen molar-refractivity contribution in [1.82, 2.24) is 5.43 Å². The van der Waals surface area contributed by atoms with E-state index in [0.29, 0.717) is 6.42 Å². The first-order chi connectivity index (χ1) is 9.15. The van der Waals surface area contributed by atoms with Crippen molar-refractivity contribution in [2.75, 3.05) is 0 Å². The predicted molar refractivity (Wildman–Crippen MR) is 78.6 cm³/mol. The van der Waals surface area contributed by atoms with Gasteiger partial charge < -0.3 is 0 Å². The molecule has 0 saturated carbocycles. The highest BCUT2D eigenvalue weighted by atomic mass is 32.1. The Hall–Kier alpha value is -1.23. The molecule has 1 atom stereocenters. The molecule has 0 saturated heterocycles. The maximum absolute atomic E-state index is 13.3. The van der Waals surface area contributed by atoms with Gasteiger partial charge >= 0.3 is 0 Å². The van der Waals surface area contributed by atoms with Gasteiger partial charge in [0, 0.05) is 4.88 Å². The van der Waals surface area contributed by atoms with E-state index in [2.05, 4.69) is 23.8 Å². The molecule has 0 fully saturated rings. The molecule has 0 spiro atoms. The number of nitrogens with two attached hydrogens (primary N) is 1. The number of thiophene rings is 1. The van der Waals surface area contributed by atoms with E-state index < -0.39 is 0 Å². The molecule has 0 aliphatic rings. The molecular formula is C15H19FN2S. The molecule has 1 aromatic carbocycles. The van der Waals surface area contributed by atoms with Crippen molar-refractivity contribution in [2.24, 2.45) is 5.84 Å². The van der Waals surface area contributed by atoms with E-state index >= 15 is 0 Å². The van der Waals surface area contributed by atoms with E-state index in [1.165, 1.54) is 16.5 Å². The molecule has 19 heavy (non-hydrogen) atoms. The fraction of sp³-hybridized carbons (Fsp3) is 0.333. The Morgan fingerprint density at radius 2 is 2.11 bits per heavy atom. The minimum absolute atomic E-state index is 0.0375. The smallest absolute Gasteiger partial charge is 0.123 e. The van der Waals surface area contributed by atoms with Crippen molar-refractivity contribution in [2.45, 2.75) is 32.7 Å². The van der Waals surface area contributed by atoms with Crippen molar-refractivity contribution in [3.63, 3.8) is 0 Å². The molecule has 3 N–H and O–H groups in total. The summed E-state index contributed by atoms with van der Waals surface area (Å²) < 4.78 is 13.3. The summed E-state index contributed by atoms with van der Waals surface area (Å²) in [7, 11) is 0. The van der Waals surface area contributed by atoms with Gasteiger partial charge in [0.1, 0.15) is 5.82 Å². The van der Waals surface area contributed by atoms with Crippen LogP contribution in [0.2, 0.25) is 0 Å². The van der Waals surface area contributed by atoms with Gasteiger partial charge in [0.05, 0.1) is 6.04 Å². The Bertz CT molecular complexity index is 551. The van der Waals surface area contributed by atoms with Crippen LogP contribution in [0.1, 0.15) is 34.5 Å². The summed E-state index contributed by atoms with van der Waals surface area (Å²) in [6, 6.07) is 7.07. The first-order valence-corrected chi connectivity index (χ1v) is 7.31. The second kappa shape index (κ2) is 6.28. The van der Waals surface area contributed by atoms with Gasteiger partial charge in [-0.1, -0.05) is 13.0 Å². The largest absolute Gasteiger partial charge is 0.271 e. The molecule has 2 aromatic rings. The lowest BCUT2D eigenvalue weighted by molar-refractivity contribution is 0.552. The number of halogens is 1. The summed E-state index contributed by atoms with van der Waals surface area (Å²) in [4.78, 5) is 1.24. The van der Waals surface area contributed by atoms with Crippen LogP contribution in [0, 0.1) is 12.7 Å². The van der Waals surface area contributed by atoms with Crippen LogP contribution in [0.3, 0.4) is 0 Å². The number of hydrogen-bond acceptors (Lipinski definition) is 3. The van der Waals surface area contributed by atoms with E-state index in [0.717, 1.165) is 17.5 Å². The third kappa shape index (κ3) is 3.21. The van der Waals surface area contributed by atoms with E-state index in [1.807, 2.05) is 13.0 Å². The van der Waals surface area contributed by atoms with Crippen molar-refractivity contribution in [3.8, 4) is 0 Å². The summed E-state index contributed by atoms with van der Waals surface area (Å²) in [6.07, 6.45) is 1.69. The molecular weight excluding hydrogens is 259 g/mol. The molecule has 0 aliphatic heterocycles. The SMILES string of the molecule is CCc1ccsc1C(Cc1cc(F)ccc1C)NN. The zero-order chi connectivity index (χ0) is 13.8. The highest BCUT2D eigenvalue weighted by Crippen LogP contribution is 2.28. The van der Waals surface area contributed by atoms with Crippen LogP contribution in [-0.4, -0.2) is 0 Å². The highest BCUT2D eigenvalue weighted by molar-refractivity contribution is 7.10.